The van der Waals surface area contributed by atoms with Crippen LogP contribution in [0.25, 0.3) is 5.57 Å². The number of fused-ring (bicyclic) bond motifs is 1. The second kappa shape index (κ2) is 6.23. The third-order valence-electron chi connectivity index (χ3n) is 4.77. The lowest BCUT2D eigenvalue weighted by atomic mass is 9.89. The Labute approximate surface area is 148 Å². The van der Waals surface area contributed by atoms with Gasteiger partial charge in [-0.05, 0) is 46.0 Å². The van der Waals surface area contributed by atoms with Crippen molar-refractivity contribution in [3.63, 3.8) is 0 Å². The summed E-state index contributed by atoms with van der Waals surface area (Å²) in [6.07, 6.45) is 2.52. The van der Waals surface area contributed by atoms with E-state index in [1.807, 2.05) is 72.8 Å². The molecular weight excluding hydrogens is 308 g/mol. The van der Waals surface area contributed by atoms with Gasteiger partial charge < -0.3 is 9.84 Å². The highest BCUT2D eigenvalue weighted by Crippen LogP contribution is 2.45. The Morgan fingerprint density at radius 2 is 1.56 bits per heavy atom. The Balaban J connectivity index is 1.85. The third-order valence-corrected chi connectivity index (χ3v) is 4.77. The fraction of sp³-hybridized carbons (Fsp3) is 0.130. The van der Waals surface area contributed by atoms with Gasteiger partial charge in [0.2, 0.25) is 0 Å². The molecule has 0 saturated heterocycles. The highest BCUT2D eigenvalue weighted by molar-refractivity contribution is 5.87. The van der Waals surface area contributed by atoms with Crippen LogP contribution in [0.3, 0.4) is 0 Å². The monoisotopic (exact) mass is 328 g/mol. The molecule has 1 aliphatic rings. The molecule has 25 heavy (non-hydrogen) atoms. The molecule has 1 unspecified atom stereocenters. The van der Waals surface area contributed by atoms with Crippen LogP contribution in [0.4, 0.5) is 0 Å². The van der Waals surface area contributed by atoms with Crippen LogP contribution >= 0.6 is 0 Å². The fourth-order valence-corrected chi connectivity index (χ4v) is 3.55. The number of benzene rings is 3. The summed E-state index contributed by atoms with van der Waals surface area (Å²) in [6.45, 7) is 0. The number of hydrogen-bond donors (Lipinski definition) is 1. The molecule has 0 bridgehead atoms. The SMILES string of the molecule is COc1ccc2c(c1)C(O)(Cc1ccccc1)C=C2c1ccccc1. The summed E-state index contributed by atoms with van der Waals surface area (Å²) in [6, 6.07) is 26.2. The van der Waals surface area contributed by atoms with Crippen molar-refractivity contribution in [1.82, 2.24) is 0 Å². The van der Waals surface area contributed by atoms with Crippen molar-refractivity contribution in [2.45, 2.75) is 12.0 Å². The van der Waals surface area contributed by atoms with E-state index >= 15 is 0 Å². The lowest BCUT2D eigenvalue weighted by molar-refractivity contribution is 0.0930. The third kappa shape index (κ3) is 2.86. The van der Waals surface area contributed by atoms with Crippen molar-refractivity contribution >= 4 is 5.57 Å². The Bertz CT molecular complexity index is 913. The molecule has 4 rings (SSSR count). The van der Waals surface area contributed by atoms with Crippen molar-refractivity contribution in [2.24, 2.45) is 0 Å². The molecule has 0 saturated carbocycles. The summed E-state index contributed by atoms with van der Waals surface area (Å²) in [5.74, 6) is 0.757. The predicted molar refractivity (Wildman–Crippen MR) is 101 cm³/mol. The van der Waals surface area contributed by atoms with E-state index in [1.54, 1.807) is 7.11 Å². The molecule has 2 heteroatoms. The summed E-state index contributed by atoms with van der Waals surface area (Å²) >= 11 is 0. The standard InChI is InChI=1S/C23H20O2/c1-25-19-12-13-20-21(18-10-6-3-7-11-18)16-23(24,22(20)14-19)15-17-8-4-2-5-9-17/h2-14,16,24H,15H2,1H3. The lowest BCUT2D eigenvalue weighted by Crippen LogP contribution is -2.24. The zero-order valence-corrected chi connectivity index (χ0v) is 14.1. The van der Waals surface area contributed by atoms with Gasteiger partial charge in [-0.25, -0.2) is 0 Å². The fourth-order valence-electron chi connectivity index (χ4n) is 3.55. The van der Waals surface area contributed by atoms with Crippen LogP contribution in [0.2, 0.25) is 0 Å². The molecular formula is C23H20O2. The summed E-state index contributed by atoms with van der Waals surface area (Å²) in [7, 11) is 1.65. The van der Waals surface area contributed by atoms with Gasteiger partial charge in [0.25, 0.3) is 0 Å². The molecule has 0 radical (unpaired) electrons. The van der Waals surface area contributed by atoms with E-state index < -0.39 is 5.60 Å². The first-order chi connectivity index (χ1) is 12.2. The molecule has 2 nitrogen and oxygen atoms in total. The average molecular weight is 328 g/mol. The number of rotatable bonds is 4. The summed E-state index contributed by atoms with van der Waals surface area (Å²) < 4.78 is 5.39. The molecule has 124 valence electrons. The van der Waals surface area contributed by atoms with E-state index in [-0.39, 0.29) is 0 Å². The van der Waals surface area contributed by atoms with Crippen molar-refractivity contribution in [2.75, 3.05) is 7.11 Å². The van der Waals surface area contributed by atoms with Gasteiger partial charge in [-0.1, -0.05) is 66.7 Å². The van der Waals surface area contributed by atoms with Gasteiger partial charge in [-0.2, -0.15) is 0 Å². The zero-order valence-electron chi connectivity index (χ0n) is 14.1. The van der Waals surface area contributed by atoms with Crippen LogP contribution in [0, 0.1) is 0 Å². The van der Waals surface area contributed by atoms with Gasteiger partial charge in [-0.15, -0.1) is 0 Å². The second-order valence-electron chi connectivity index (χ2n) is 6.42. The minimum absolute atomic E-state index is 0.532. The number of ether oxygens (including phenoxy) is 1. The maximum Gasteiger partial charge on any atom is 0.119 e. The Morgan fingerprint density at radius 3 is 2.24 bits per heavy atom. The molecule has 1 N–H and O–H groups in total. The Morgan fingerprint density at radius 1 is 0.880 bits per heavy atom. The van der Waals surface area contributed by atoms with Gasteiger partial charge in [-0.3, -0.25) is 0 Å². The number of aliphatic hydroxyl groups is 1. The number of hydrogen-bond acceptors (Lipinski definition) is 2. The topological polar surface area (TPSA) is 29.5 Å². The predicted octanol–water partition coefficient (Wildman–Crippen LogP) is 4.57. The largest absolute Gasteiger partial charge is 0.497 e. The molecule has 0 spiro atoms. The second-order valence-corrected chi connectivity index (χ2v) is 6.42. The molecule has 1 aliphatic carbocycles. The van der Waals surface area contributed by atoms with Crippen molar-refractivity contribution < 1.29 is 9.84 Å². The van der Waals surface area contributed by atoms with Crippen LogP contribution in [-0.4, -0.2) is 12.2 Å². The van der Waals surface area contributed by atoms with Crippen LogP contribution in [0.15, 0.2) is 84.9 Å². The molecule has 0 aliphatic heterocycles. The Hall–Kier alpha value is -2.84. The van der Waals surface area contributed by atoms with Crippen LogP contribution < -0.4 is 4.74 Å². The lowest BCUT2D eigenvalue weighted by Gasteiger charge is -2.23. The molecule has 0 heterocycles. The Kier molecular flexibility index (Phi) is 3.90. The molecule has 3 aromatic rings. The molecule has 3 aromatic carbocycles. The minimum Gasteiger partial charge on any atom is -0.497 e. The molecule has 0 amide bonds. The highest BCUT2D eigenvalue weighted by Gasteiger charge is 2.37. The van der Waals surface area contributed by atoms with Crippen molar-refractivity contribution in [3.8, 4) is 5.75 Å². The minimum atomic E-state index is -1.05. The van der Waals surface area contributed by atoms with Gasteiger partial charge >= 0.3 is 0 Å². The summed E-state index contributed by atoms with van der Waals surface area (Å²) in [5, 5.41) is 11.5. The van der Waals surface area contributed by atoms with Crippen LogP contribution in [0.5, 0.6) is 5.75 Å². The van der Waals surface area contributed by atoms with E-state index in [0.717, 1.165) is 33.6 Å². The molecule has 0 aromatic heterocycles. The first-order valence-electron chi connectivity index (χ1n) is 8.43. The van der Waals surface area contributed by atoms with Gasteiger partial charge in [0, 0.05) is 6.42 Å². The zero-order chi connectivity index (χ0) is 17.3. The van der Waals surface area contributed by atoms with E-state index in [2.05, 4.69) is 12.1 Å². The number of methoxy groups -OCH3 is 1. The van der Waals surface area contributed by atoms with E-state index in [1.165, 1.54) is 0 Å². The van der Waals surface area contributed by atoms with Crippen molar-refractivity contribution in [1.29, 1.82) is 0 Å². The smallest absolute Gasteiger partial charge is 0.119 e. The maximum atomic E-state index is 11.5. The van der Waals surface area contributed by atoms with Crippen LogP contribution in [0.1, 0.15) is 22.3 Å². The summed E-state index contributed by atoms with van der Waals surface area (Å²) in [5.41, 5.74) is 4.19. The quantitative estimate of drug-likeness (QED) is 0.760. The molecule has 1 atom stereocenters. The van der Waals surface area contributed by atoms with Gasteiger partial charge in [0.15, 0.2) is 0 Å². The highest BCUT2D eigenvalue weighted by atomic mass is 16.5. The molecule has 0 fully saturated rings. The van der Waals surface area contributed by atoms with E-state index in [4.69, 9.17) is 4.74 Å². The summed E-state index contributed by atoms with van der Waals surface area (Å²) in [4.78, 5) is 0. The van der Waals surface area contributed by atoms with E-state index in [9.17, 15) is 5.11 Å². The van der Waals surface area contributed by atoms with Crippen LogP contribution in [-0.2, 0) is 12.0 Å². The van der Waals surface area contributed by atoms with Gasteiger partial charge in [0.05, 0.1) is 7.11 Å². The average Bonchev–Trinajstić information content (AvgIpc) is 2.95. The first-order valence-corrected chi connectivity index (χ1v) is 8.43. The normalized spacial score (nSPS) is 18.6. The van der Waals surface area contributed by atoms with Gasteiger partial charge in [0.1, 0.15) is 11.4 Å². The van der Waals surface area contributed by atoms with E-state index in [0.29, 0.717) is 6.42 Å². The first kappa shape index (κ1) is 15.7. The maximum absolute atomic E-state index is 11.5. The van der Waals surface area contributed by atoms with Crippen molar-refractivity contribution in [3.05, 3.63) is 107 Å².